The van der Waals surface area contributed by atoms with Crippen LogP contribution >= 0.6 is 22.6 Å². The molecule has 0 amide bonds. The van der Waals surface area contributed by atoms with Crippen molar-refractivity contribution in [3.63, 3.8) is 0 Å². The number of hydrogen-bond donors (Lipinski definition) is 3. The van der Waals surface area contributed by atoms with Gasteiger partial charge >= 0.3 is 0 Å². The van der Waals surface area contributed by atoms with Crippen LogP contribution in [0.1, 0.15) is 5.56 Å². The fourth-order valence-corrected chi connectivity index (χ4v) is 1.81. The molecule has 0 aromatic heterocycles. The number of halogens is 1. The average Bonchev–Trinajstić information content (AvgIpc) is 2.01. The molecule has 0 fully saturated rings. The summed E-state index contributed by atoms with van der Waals surface area (Å²) in [5, 5.41) is 9.31. The van der Waals surface area contributed by atoms with Gasteiger partial charge in [-0.3, -0.25) is 4.99 Å². The van der Waals surface area contributed by atoms with Crippen LogP contribution in [0.25, 0.3) is 0 Å². The molecule has 0 unspecified atom stereocenters. The van der Waals surface area contributed by atoms with E-state index in [1.807, 2.05) is 6.07 Å². The van der Waals surface area contributed by atoms with Crippen LogP contribution in [-0.2, 0) is 6.42 Å². The van der Waals surface area contributed by atoms with Crippen LogP contribution < -0.4 is 11.5 Å². The number of phenolic OH excluding ortho intramolecular Hbond substituents is 1. The first kappa shape index (κ1) is 11.1. The maximum absolute atomic E-state index is 9.31. The molecule has 0 atom stereocenters. The van der Waals surface area contributed by atoms with E-state index in [4.69, 9.17) is 11.5 Å². The second-order valence-electron chi connectivity index (χ2n) is 2.87. The van der Waals surface area contributed by atoms with Gasteiger partial charge in [-0.15, -0.1) is 0 Å². The number of aliphatic imine (C=N–C) groups is 1. The Morgan fingerprint density at radius 3 is 2.64 bits per heavy atom. The van der Waals surface area contributed by atoms with Gasteiger partial charge in [0.2, 0.25) is 0 Å². The number of benzene rings is 1. The molecule has 0 bridgehead atoms. The van der Waals surface area contributed by atoms with Gasteiger partial charge in [0.15, 0.2) is 5.96 Å². The normalized spacial score (nSPS) is 9.79. The third kappa shape index (κ3) is 3.82. The van der Waals surface area contributed by atoms with Gasteiger partial charge < -0.3 is 16.6 Å². The monoisotopic (exact) mass is 305 g/mol. The Morgan fingerprint density at radius 1 is 1.36 bits per heavy atom. The topological polar surface area (TPSA) is 84.6 Å². The highest BCUT2D eigenvalue weighted by Crippen LogP contribution is 2.17. The van der Waals surface area contributed by atoms with Crippen molar-refractivity contribution in [2.45, 2.75) is 6.42 Å². The molecule has 5 heteroatoms. The molecule has 0 radical (unpaired) electrons. The van der Waals surface area contributed by atoms with Gasteiger partial charge in [0.1, 0.15) is 5.75 Å². The Balaban J connectivity index is 2.63. The van der Waals surface area contributed by atoms with Crippen molar-refractivity contribution in [1.29, 1.82) is 0 Å². The Morgan fingerprint density at radius 2 is 2.07 bits per heavy atom. The Labute approximate surface area is 96.2 Å². The first-order valence-electron chi connectivity index (χ1n) is 4.12. The summed E-state index contributed by atoms with van der Waals surface area (Å²) in [5.41, 5.74) is 11.4. The minimum atomic E-state index is 0.0971. The van der Waals surface area contributed by atoms with Crippen molar-refractivity contribution in [2.24, 2.45) is 16.5 Å². The van der Waals surface area contributed by atoms with E-state index in [0.717, 1.165) is 15.6 Å². The zero-order chi connectivity index (χ0) is 10.6. The van der Waals surface area contributed by atoms with E-state index in [-0.39, 0.29) is 11.7 Å². The molecule has 0 aliphatic rings. The standard InChI is InChI=1S/C9H12IN3O/c10-7-3-6(4-8(14)5-7)1-2-13-9(11)12/h3-5,14H,1-2H2,(H4,11,12,13). The Bertz CT molecular complexity index is 328. The smallest absolute Gasteiger partial charge is 0.185 e. The molecule has 0 heterocycles. The minimum Gasteiger partial charge on any atom is -0.508 e. The Hall–Kier alpha value is -0.980. The number of phenols is 1. The van der Waals surface area contributed by atoms with E-state index in [9.17, 15) is 5.11 Å². The first-order chi connectivity index (χ1) is 6.58. The van der Waals surface area contributed by atoms with Crippen LogP contribution in [0.2, 0.25) is 0 Å². The molecular weight excluding hydrogens is 293 g/mol. The second kappa shape index (κ2) is 5.04. The number of hydrogen-bond acceptors (Lipinski definition) is 2. The highest BCUT2D eigenvalue weighted by atomic mass is 127. The second-order valence-corrected chi connectivity index (χ2v) is 4.12. The maximum Gasteiger partial charge on any atom is 0.185 e. The van der Waals surface area contributed by atoms with Crippen LogP contribution in [0, 0.1) is 3.57 Å². The molecule has 14 heavy (non-hydrogen) atoms. The minimum absolute atomic E-state index is 0.0971. The molecule has 0 spiro atoms. The summed E-state index contributed by atoms with van der Waals surface area (Å²) in [4.78, 5) is 3.87. The van der Waals surface area contributed by atoms with Gasteiger partial charge in [0, 0.05) is 10.1 Å². The fourth-order valence-electron chi connectivity index (χ4n) is 1.09. The maximum atomic E-state index is 9.31. The lowest BCUT2D eigenvalue weighted by molar-refractivity contribution is 0.474. The van der Waals surface area contributed by atoms with E-state index in [2.05, 4.69) is 27.6 Å². The zero-order valence-corrected chi connectivity index (χ0v) is 9.73. The van der Waals surface area contributed by atoms with Crippen LogP contribution in [-0.4, -0.2) is 17.6 Å². The highest BCUT2D eigenvalue weighted by molar-refractivity contribution is 14.1. The summed E-state index contributed by atoms with van der Waals surface area (Å²) in [6.07, 6.45) is 0.725. The molecule has 1 aromatic rings. The summed E-state index contributed by atoms with van der Waals surface area (Å²) in [7, 11) is 0. The summed E-state index contributed by atoms with van der Waals surface area (Å²) < 4.78 is 1.00. The predicted molar refractivity (Wildman–Crippen MR) is 65.2 cm³/mol. The molecule has 0 saturated heterocycles. The van der Waals surface area contributed by atoms with Crippen LogP contribution in [0.3, 0.4) is 0 Å². The lowest BCUT2D eigenvalue weighted by Crippen LogP contribution is -2.23. The van der Waals surface area contributed by atoms with E-state index in [1.54, 1.807) is 12.1 Å². The quantitative estimate of drug-likeness (QED) is 0.439. The summed E-state index contributed by atoms with van der Waals surface area (Å²) in [6.45, 7) is 0.544. The van der Waals surface area contributed by atoms with Gasteiger partial charge in [0.25, 0.3) is 0 Å². The molecule has 0 aliphatic heterocycles. The van der Waals surface area contributed by atoms with Crippen LogP contribution in [0.4, 0.5) is 0 Å². The van der Waals surface area contributed by atoms with Crippen molar-refractivity contribution < 1.29 is 5.11 Å². The number of nitrogens with two attached hydrogens (primary N) is 2. The third-order valence-corrected chi connectivity index (χ3v) is 2.26. The van der Waals surface area contributed by atoms with Crippen LogP contribution in [0.15, 0.2) is 23.2 Å². The molecule has 76 valence electrons. The first-order valence-corrected chi connectivity index (χ1v) is 5.19. The molecule has 1 aromatic carbocycles. The molecule has 1 rings (SSSR count). The summed E-state index contributed by atoms with van der Waals surface area (Å²) >= 11 is 2.15. The highest BCUT2D eigenvalue weighted by Gasteiger charge is 1.97. The van der Waals surface area contributed by atoms with E-state index >= 15 is 0 Å². The lowest BCUT2D eigenvalue weighted by atomic mass is 10.1. The zero-order valence-electron chi connectivity index (χ0n) is 7.57. The van der Waals surface area contributed by atoms with E-state index < -0.39 is 0 Å². The van der Waals surface area contributed by atoms with Gasteiger partial charge in [-0.1, -0.05) is 0 Å². The predicted octanol–water partition coefficient (Wildman–Crippen LogP) is 0.813. The molecule has 0 saturated carbocycles. The summed E-state index contributed by atoms with van der Waals surface area (Å²) in [5.74, 6) is 0.372. The van der Waals surface area contributed by atoms with Crippen LogP contribution in [0.5, 0.6) is 5.75 Å². The van der Waals surface area contributed by atoms with Gasteiger partial charge in [0.05, 0.1) is 0 Å². The lowest BCUT2D eigenvalue weighted by Gasteiger charge is -2.01. The van der Waals surface area contributed by atoms with Gasteiger partial charge in [-0.05, 0) is 52.8 Å². The van der Waals surface area contributed by atoms with Crippen molar-refractivity contribution in [1.82, 2.24) is 0 Å². The Kier molecular flexibility index (Phi) is 3.99. The van der Waals surface area contributed by atoms with Crippen molar-refractivity contribution in [3.05, 3.63) is 27.3 Å². The number of guanidine groups is 1. The summed E-state index contributed by atoms with van der Waals surface area (Å²) in [6, 6.07) is 5.40. The number of rotatable bonds is 3. The van der Waals surface area contributed by atoms with Gasteiger partial charge in [-0.25, -0.2) is 0 Å². The van der Waals surface area contributed by atoms with Crippen molar-refractivity contribution in [2.75, 3.05) is 6.54 Å². The molecular formula is C9H12IN3O. The third-order valence-electron chi connectivity index (χ3n) is 1.64. The number of aromatic hydroxyl groups is 1. The molecule has 0 aliphatic carbocycles. The number of nitrogens with zero attached hydrogens (tertiary/aromatic N) is 1. The van der Waals surface area contributed by atoms with Crippen molar-refractivity contribution >= 4 is 28.6 Å². The van der Waals surface area contributed by atoms with E-state index in [1.165, 1.54) is 0 Å². The van der Waals surface area contributed by atoms with Crippen molar-refractivity contribution in [3.8, 4) is 5.75 Å². The SMILES string of the molecule is NC(N)=NCCc1cc(O)cc(I)c1. The molecule has 5 N–H and O–H groups in total. The fraction of sp³-hybridized carbons (Fsp3) is 0.222. The van der Waals surface area contributed by atoms with Gasteiger partial charge in [-0.2, -0.15) is 0 Å². The van der Waals surface area contributed by atoms with E-state index in [0.29, 0.717) is 6.54 Å². The molecule has 4 nitrogen and oxygen atoms in total. The average molecular weight is 305 g/mol. The largest absolute Gasteiger partial charge is 0.508 e.